The van der Waals surface area contributed by atoms with E-state index in [1.165, 1.54) is 11.3 Å². The van der Waals surface area contributed by atoms with Crippen LogP contribution in [0.1, 0.15) is 26.3 Å². The van der Waals surface area contributed by atoms with Gasteiger partial charge < -0.3 is 4.90 Å². The molecule has 4 heteroatoms. The summed E-state index contributed by atoms with van der Waals surface area (Å²) >= 11 is 0. The van der Waals surface area contributed by atoms with Gasteiger partial charge >= 0.3 is 0 Å². The Hall–Kier alpha value is -1.55. The maximum Gasteiger partial charge on any atom is 0.256 e. The van der Waals surface area contributed by atoms with Crippen LogP contribution in [0.3, 0.4) is 0 Å². The molecule has 2 atom stereocenters. The number of hydrogen-bond acceptors (Lipinski definition) is 3. The number of rotatable bonds is 3. The van der Waals surface area contributed by atoms with Crippen LogP contribution in [0.15, 0.2) is 24.3 Å². The number of nitrogens with one attached hydrogen (secondary N) is 1. The Balaban J connectivity index is 2.40. The van der Waals surface area contributed by atoms with Crippen LogP contribution in [0.4, 0.5) is 5.69 Å². The first-order chi connectivity index (χ1) is 9.04. The second-order valence-electron chi connectivity index (χ2n) is 5.79. The first-order valence-corrected chi connectivity index (χ1v) is 6.89. The topological polar surface area (TPSA) is 58.4 Å². The second kappa shape index (κ2) is 5.61. The lowest BCUT2D eigenvalue weighted by atomic mass is 9.90. The van der Waals surface area contributed by atoms with Gasteiger partial charge in [-0.1, -0.05) is 39.0 Å². The number of hydrazine groups is 1. The first kappa shape index (κ1) is 13.9. The zero-order chi connectivity index (χ0) is 14.0. The number of amides is 1. The average molecular weight is 261 g/mol. The van der Waals surface area contributed by atoms with Crippen molar-refractivity contribution in [2.75, 3.05) is 11.4 Å². The molecule has 1 aromatic carbocycles. The van der Waals surface area contributed by atoms with Crippen molar-refractivity contribution in [1.29, 1.82) is 0 Å². The van der Waals surface area contributed by atoms with Crippen LogP contribution < -0.4 is 16.2 Å². The van der Waals surface area contributed by atoms with Gasteiger partial charge in [0, 0.05) is 12.2 Å². The molecule has 0 aromatic heterocycles. The Kier molecular flexibility index (Phi) is 4.10. The summed E-state index contributed by atoms with van der Waals surface area (Å²) in [5.41, 5.74) is 4.79. The molecule has 1 heterocycles. The van der Waals surface area contributed by atoms with E-state index in [1.54, 1.807) is 0 Å². The Bertz CT molecular complexity index is 458. The molecular formula is C15H23N3O. The fraction of sp³-hybridized carbons (Fsp3) is 0.533. The largest absolute Gasteiger partial charge is 0.359 e. The monoisotopic (exact) mass is 261 g/mol. The fourth-order valence-corrected chi connectivity index (χ4v) is 2.99. The molecular weight excluding hydrogens is 238 g/mol. The minimum absolute atomic E-state index is 0.112. The van der Waals surface area contributed by atoms with Crippen LogP contribution in [0.5, 0.6) is 0 Å². The normalized spacial score (nSPS) is 20.1. The van der Waals surface area contributed by atoms with Gasteiger partial charge in [0.15, 0.2) is 0 Å². The number of nitrogens with two attached hydrogens (primary N) is 1. The van der Waals surface area contributed by atoms with E-state index in [1.807, 2.05) is 6.07 Å². The molecule has 2 rings (SSSR count). The highest BCUT2D eigenvalue weighted by molar-refractivity contribution is 5.85. The molecule has 0 spiro atoms. The van der Waals surface area contributed by atoms with Crippen LogP contribution in [-0.2, 0) is 11.2 Å². The number of carbonyl (C=O) groups is 1. The highest BCUT2D eigenvalue weighted by atomic mass is 16.2. The molecule has 19 heavy (non-hydrogen) atoms. The number of nitrogens with zero attached hydrogens (tertiary/aromatic N) is 1. The Labute approximate surface area is 114 Å². The van der Waals surface area contributed by atoms with Crippen LogP contribution >= 0.6 is 0 Å². The molecule has 0 aliphatic carbocycles. The number of anilines is 1. The highest BCUT2D eigenvalue weighted by Gasteiger charge is 2.33. The molecule has 0 radical (unpaired) electrons. The SMILES string of the molecule is CC1Cc2ccccc2N(C(C(=O)NN)C(C)C)C1. The first-order valence-electron chi connectivity index (χ1n) is 6.89. The number of fused-ring (bicyclic) bond motifs is 1. The van der Waals surface area contributed by atoms with Crippen LogP contribution in [0.25, 0.3) is 0 Å². The van der Waals surface area contributed by atoms with E-state index in [0.29, 0.717) is 5.92 Å². The average Bonchev–Trinajstić information content (AvgIpc) is 2.38. The molecule has 0 bridgehead atoms. The summed E-state index contributed by atoms with van der Waals surface area (Å²) in [6, 6.07) is 8.12. The highest BCUT2D eigenvalue weighted by Crippen LogP contribution is 2.32. The summed E-state index contributed by atoms with van der Waals surface area (Å²) in [5, 5.41) is 0. The third-order valence-corrected chi connectivity index (χ3v) is 3.76. The molecule has 2 unspecified atom stereocenters. The Morgan fingerprint density at radius 3 is 2.74 bits per heavy atom. The van der Waals surface area contributed by atoms with Gasteiger partial charge in [-0.15, -0.1) is 0 Å². The molecule has 0 fully saturated rings. The lowest BCUT2D eigenvalue weighted by Crippen LogP contribution is -2.54. The quantitative estimate of drug-likeness (QED) is 0.494. The Morgan fingerprint density at radius 2 is 2.11 bits per heavy atom. The summed E-state index contributed by atoms with van der Waals surface area (Å²) in [5.74, 6) is 5.99. The molecule has 1 aliphatic heterocycles. The van der Waals surface area contributed by atoms with Crippen molar-refractivity contribution in [2.45, 2.75) is 33.2 Å². The summed E-state index contributed by atoms with van der Waals surface area (Å²) in [6.07, 6.45) is 1.07. The summed E-state index contributed by atoms with van der Waals surface area (Å²) in [4.78, 5) is 14.3. The molecule has 0 saturated carbocycles. The smallest absolute Gasteiger partial charge is 0.256 e. The predicted molar refractivity (Wildman–Crippen MR) is 77.6 cm³/mol. The van der Waals surface area contributed by atoms with Gasteiger partial charge in [-0.05, 0) is 29.9 Å². The second-order valence-corrected chi connectivity index (χ2v) is 5.79. The summed E-state index contributed by atoms with van der Waals surface area (Å²) in [7, 11) is 0. The fourth-order valence-electron chi connectivity index (χ4n) is 2.99. The van der Waals surface area contributed by atoms with Crippen molar-refractivity contribution >= 4 is 11.6 Å². The molecule has 104 valence electrons. The molecule has 0 saturated heterocycles. The molecule has 1 aromatic rings. The van der Waals surface area contributed by atoms with Crippen molar-refractivity contribution in [1.82, 2.24) is 5.43 Å². The van der Waals surface area contributed by atoms with E-state index in [9.17, 15) is 4.79 Å². The van der Waals surface area contributed by atoms with Gasteiger partial charge in [0.2, 0.25) is 0 Å². The van der Waals surface area contributed by atoms with Gasteiger partial charge in [0.25, 0.3) is 5.91 Å². The van der Waals surface area contributed by atoms with Crippen molar-refractivity contribution in [3.63, 3.8) is 0 Å². The van der Waals surface area contributed by atoms with Crippen LogP contribution in [0, 0.1) is 11.8 Å². The van der Waals surface area contributed by atoms with E-state index in [2.05, 4.69) is 49.3 Å². The van der Waals surface area contributed by atoms with E-state index >= 15 is 0 Å². The van der Waals surface area contributed by atoms with Gasteiger partial charge in [-0.25, -0.2) is 5.84 Å². The van der Waals surface area contributed by atoms with Gasteiger partial charge in [0.05, 0.1) is 0 Å². The third-order valence-electron chi connectivity index (χ3n) is 3.76. The minimum Gasteiger partial charge on any atom is -0.359 e. The van der Waals surface area contributed by atoms with E-state index in [-0.39, 0.29) is 17.9 Å². The van der Waals surface area contributed by atoms with Crippen molar-refractivity contribution in [2.24, 2.45) is 17.7 Å². The van der Waals surface area contributed by atoms with Crippen molar-refractivity contribution < 1.29 is 4.79 Å². The predicted octanol–water partition coefficient (Wildman–Crippen LogP) is 1.70. The Morgan fingerprint density at radius 1 is 1.42 bits per heavy atom. The number of benzene rings is 1. The van der Waals surface area contributed by atoms with Gasteiger partial charge in [-0.2, -0.15) is 0 Å². The van der Waals surface area contributed by atoms with Crippen LogP contribution in [-0.4, -0.2) is 18.5 Å². The van der Waals surface area contributed by atoms with Gasteiger partial charge in [-0.3, -0.25) is 10.2 Å². The summed E-state index contributed by atoms with van der Waals surface area (Å²) in [6.45, 7) is 7.23. The maximum absolute atomic E-state index is 12.1. The minimum atomic E-state index is -0.214. The van der Waals surface area contributed by atoms with Gasteiger partial charge in [0.1, 0.15) is 6.04 Å². The molecule has 3 N–H and O–H groups in total. The number of hydrogen-bond donors (Lipinski definition) is 2. The maximum atomic E-state index is 12.1. The third kappa shape index (κ3) is 2.73. The van der Waals surface area contributed by atoms with Crippen molar-refractivity contribution in [3.05, 3.63) is 29.8 Å². The zero-order valence-electron chi connectivity index (χ0n) is 11.9. The number of carbonyl (C=O) groups excluding carboxylic acids is 1. The molecule has 4 nitrogen and oxygen atoms in total. The number of para-hydroxylation sites is 1. The summed E-state index contributed by atoms with van der Waals surface area (Å²) < 4.78 is 0. The lowest BCUT2D eigenvalue weighted by Gasteiger charge is -2.41. The molecule has 1 aliphatic rings. The van der Waals surface area contributed by atoms with E-state index in [4.69, 9.17) is 5.84 Å². The van der Waals surface area contributed by atoms with Crippen molar-refractivity contribution in [3.8, 4) is 0 Å². The zero-order valence-corrected chi connectivity index (χ0v) is 11.9. The lowest BCUT2D eigenvalue weighted by molar-refractivity contribution is -0.123. The van der Waals surface area contributed by atoms with E-state index < -0.39 is 0 Å². The standard InChI is InChI=1S/C15H23N3O/c1-10(2)14(15(19)17-16)18-9-11(3)8-12-6-4-5-7-13(12)18/h4-7,10-11,14H,8-9,16H2,1-3H3,(H,17,19). The molecule has 1 amide bonds. The van der Waals surface area contributed by atoms with E-state index in [0.717, 1.165) is 13.0 Å². The van der Waals surface area contributed by atoms with Crippen LogP contribution in [0.2, 0.25) is 0 Å².